The van der Waals surface area contributed by atoms with E-state index < -0.39 is 24.2 Å². The first-order valence-electron chi connectivity index (χ1n) is 8.57. The molecular formula is C19H18F2KN3O5. The molecule has 0 unspecified atom stereocenters. The predicted molar refractivity (Wildman–Crippen MR) is 105 cm³/mol. The number of nitrogens with one attached hydrogen (secondary N) is 1. The van der Waals surface area contributed by atoms with Gasteiger partial charge < -0.3 is 24.6 Å². The first-order valence-corrected chi connectivity index (χ1v) is 8.57. The fourth-order valence-corrected chi connectivity index (χ4v) is 2.64. The molecule has 3 rings (SSSR count). The Bertz CT molecular complexity index is 1050. The number of aryl methyl sites for hydroxylation is 1. The fourth-order valence-electron chi connectivity index (χ4n) is 2.64. The molecule has 11 heteroatoms. The molecule has 0 aliphatic heterocycles. The van der Waals surface area contributed by atoms with E-state index in [1.807, 2.05) is 5.32 Å². The van der Waals surface area contributed by atoms with E-state index in [9.17, 15) is 23.5 Å². The predicted octanol–water partition coefficient (Wildman–Crippen LogP) is 2.73. The molecule has 0 spiro atoms. The average molecular weight is 445 g/mol. The number of aromatic hydroxyl groups is 1. The number of carbonyl (C=O) groups is 2. The van der Waals surface area contributed by atoms with Crippen molar-refractivity contribution in [1.82, 2.24) is 9.72 Å². The molecule has 0 saturated heterocycles. The van der Waals surface area contributed by atoms with Crippen molar-refractivity contribution in [2.45, 2.75) is 25.8 Å². The Hall–Kier alpha value is -2.05. The second-order valence-electron chi connectivity index (χ2n) is 6.29. The molecule has 30 heavy (non-hydrogen) atoms. The summed E-state index contributed by atoms with van der Waals surface area (Å²) in [7, 11) is 0. The summed E-state index contributed by atoms with van der Waals surface area (Å²) in [6.45, 7) is 2.15. The number of phenols is 1. The van der Waals surface area contributed by atoms with Gasteiger partial charge in [0.2, 0.25) is 0 Å². The van der Waals surface area contributed by atoms with E-state index in [1.165, 1.54) is 47.3 Å². The van der Waals surface area contributed by atoms with Crippen molar-refractivity contribution in [2.75, 3.05) is 5.32 Å². The fraction of sp³-hybridized carbons (Fsp3) is 0.211. The average Bonchev–Trinajstić information content (AvgIpc) is 3.29. The van der Waals surface area contributed by atoms with E-state index in [4.69, 9.17) is 9.63 Å². The molecule has 0 aliphatic rings. The molecule has 0 radical (unpaired) electrons. The van der Waals surface area contributed by atoms with E-state index in [-0.39, 0.29) is 79.8 Å². The number of amides is 1. The summed E-state index contributed by atoms with van der Waals surface area (Å²) in [6, 6.07) is 7.13. The van der Waals surface area contributed by atoms with Crippen LogP contribution in [-0.2, 0) is 17.8 Å². The third kappa shape index (κ3) is 5.55. The van der Waals surface area contributed by atoms with Gasteiger partial charge in [0.1, 0.15) is 11.3 Å². The molecule has 0 atom stereocenters. The maximum absolute atomic E-state index is 14.4. The zero-order valence-corrected chi connectivity index (χ0v) is 15.2. The number of anilines is 1. The monoisotopic (exact) mass is 445 g/mol. The van der Waals surface area contributed by atoms with Gasteiger partial charge in [-0.05, 0) is 31.2 Å². The van der Waals surface area contributed by atoms with Gasteiger partial charge in [0.15, 0.2) is 5.76 Å². The quantitative estimate of drug-likeness (QED) is 0.482. The second-order valence-corrected chi connectivity index (χ2v) is 6.29. The Morgan fingerprint density at radius 2 is 1.90 bits per heavy atom. The number of aromatic carboxylic acids is 1. The Balaban J connectivity index is 0.00000320. The number of hydrogen-bond acceptors (Lipinski definition) is 5. The Kier molecular flexibility index (Phi) is 7.94. The van der Waals surface area contributed by atoms with Crippen LogP contribution in [0.15, 0.2) is 47.2 Å². The Morgan fingerprint density at radius 3 is 2.50 bits per heavy atom. The first kappa shape index (κ1) is 24.2. The first-order chi connectivity index (χ1) is 13.7. The number of nitrogens with zero attached hydrogens (tertiary/aromatic N) is 2. The molecule has 1 amide bonds. The van der Waals surface area contributed by atoms with Crippen LogP contribution in [0.25, 0.3) is 11.3 Å². The van der Waals surface area contributed by atoms with Crippen molar-refractivity contribution in [3.05, 3.63) is 54.0 Å². The van der Waals surface area contributed by atoms with Gasteiger partial charge in [-0.15, -0.1) is 0 Å². The van der Waals surface area contributed by atoms with Crippen LogP contribution in [0.5, 0.6) is 5.75 Å². The number of hydrogen-bond donors (Lipinski definition) is 3. The molecule has 3 aromatic rings. The Morgan fingerprint density at radius 1 is 1.23 bits per heavy atom. The summed E-state index contributed by atoms with van der Waals surface area (Å²) in [4.78, 5) is 23.3. The van der Waals surface area contributed by atoms with Crippen molar-refractivity contribution < 1.29 is 33.1 Å². The van der Waals surface area contributed by atoms with Crippen molar-refractivity contribution in [3.63, 3.8) is 0 Å². The molecule has 1 aromatic carbocycles. The second kappa shape index (κ2) is 9.84. The van der Waals surface area contributed by atoms with Crippen LogP contribution in [0, 0.1) is 0 Å². The molecule has 154 valence electrons. The van der Waals surface area contributed by atoms with Gasteiger partial charge in [-0.25, -0.2) is 4.79 Å². The summed E-state index contributed by atoms with van der Waals surface area (Å²) in [6.07, 6.45) is 1.49. The van der Waals surface area contributed by atoms with Crippen molar-refractivity contribution in [1.29, 1.82) is 0 Å². The number of alkyl halides is 2. The van der Waals surface area contributed by atoms with Gasteiger partial charge in [0.05, 0.1) is 17.8 Å². The number of carbonyl (C=O) groups excluding carboxylic acids is 1. The van der Waals surface area contributed by atoms with Crippen LogP contribution in [-0.4, -0.2) is 89.1 Å². The normalized spacial score (nSPS) is 11.0. The van der Waals surface area contributed by atoms with E-state index in [0.717, 1.165) is 0 Å². The van der Waals surface area contributed by atoms with Crippen LogP contribution in [0.3, 0.4) is 0 Å². The van der Waals surface area contributed by atoms with Crippen LogP contribution in [0.4, 0.5) is 14.5 Å². The molecule has 0 fully saturated rings. The van der Waals surface area contributed by atoms with Gasteiger partial charge in [0.25, 0.3) is 5.91 Å². The molecule has 2 aromatic heterocycles. The van der Waals surface area contributed by atoms with E-state index in [0.29, 0.717) is 12.1 Å². The van der Waals surface area contributed by atoms with Gasteiger partial charge in [-0.2, -0.15) is 8.78 Å². The standard InChI is InChI=1S/C19H17F2N3O5.K.H/c1-2-24-9-14(17(26)27)15(10-24)22-18(28)19(20,21)8-12-7-16(29-23-12)11-3-5-13(25)6-4-11;;/h3-7,9-10,25H,2,8H2,1H3,(H,22,28)(H,26,27);;. The number of rotatable bonds is 7. The number of carboxylic acid groups (broad SMARTS) is 1. The van der Waals surface area contributed by atoms with E-state index in [1.54, 1.807) is 6.92 Å². The molecule has 0 bridgehead atoms. The molecule has 3 N–H and O–H groups in total. The van der Waals surface area contributed by atoms with Gasteiger partial charge >= 0.3 is 63.3 Å². The summed E-state index contributed by atoms with van der Waals surface area (Å²) < 4.78 is 35.3. The Labute approximate surface area is 212 Å². The zero-order chi connectivity index (χ0) is 21.2. The number of halogens is 2. The third-order valence-corrected chi connectivity index (χ3v) is 4.17. The summed E-state index contributed by atoms with van der Waals surface area (Å²) in [5.74, 6) is -6.61. The molecule has 2 heterocycles. The van der Waals surface area contributed by atoms with Gasteiger partial charge in [0, 0.05) is 30.6 Å². The van der Waals surface area contributed by atoms with Crippen LogP contribution in [0.1, 0.15) is 23.0 Å². The minimum atomic E-state index is -3.85. The number of aromatic nitrogens is 2. The number of carboxylic acids is 1. The van der Waals surface area contributed by atoms with Crippen molar-refractivity contribution in [3.8, 4) is 17.1 Å². The van der Waals surface area contributed by atoms with Gasteiger partial charge in [-0.1, -0.05) is 5.16 Å². The molecule has 8 nitrogen and oxygen atoms in total. The molecular weight excluding hydrogens is 427 g/mol. The summed E-state index contributed by atoms with van der Waals surface area (Å²) in [5.41, 5.74) is -0.139. The molecule has 0 saturated carbocycles. The third-order valence-electron chi connectivity index (χ3n) is 4.17. The molecule has 0 aliphatic carbocycles. The van der Waals surface area contributed by atoms with E-state index in [2.05, 4.69) is 5.16 Å². The van der Waals surface area contributed by atoms with Crippen LogP contribution >= 0.6 is 0 Å². The summed E-state index contributed by atoms with van der Waals surface area (Å²) >= 11 is 0. The van der Waals surface area contributed by atoms with Crippen LogP contribution < -0.4 is 5.32 Å². The topological polar surface area (TPSA) is 118 Å². The van der Waals surface area contributed by atoms with Crippen molar-refractivity contribution >= 4 is 68.9 Å². The number of phenolic OH excluding ortho intramolecular Hbond substituents is 1. The van der Waals surface area contributed by atoms with E-state index >= 15 is 0 Å². The van der Waals surface area contributed by atoms with Crippen molar-refractivity contribution in [2.24, 2.45) is 0 Å². The SMILES string of the molecule is CCn1cc(NC(=O)C(F)(F)Cc2cc(-c3ccc(O)cc3)on2)c(C(=O)O)c1.[KH]. The number of benzene rings is 1. The maximum atomic E-state index is 14.4. The van der Waals surface area contributed by atoms with Gasteiger partial charge in [-0.3, -0.25) is 4.79 Å². The van der Waals surface area contributed by atoms with Crippen LogP contribution in [0.2, 0.25) is 0 Å². The zero-order valence-electron chi connectivity index (χ0n) is 15.2. The minimum absolute atomic E-state index is 0. The summed E-state index contributed by atoms with van der Waals surface area (Å²) in [5, 5.41) is 24.0.